The van der Waals surface area contributed by atoms with Crippen LogP contribution in [0, 0.1) is 17.2 Å². The summed E-state index contributed by atoms with van der Waals surface area (Å²) in [7, 11) is 0. The Bertz CT molecular complexity index is 395. The van der Waals surface area contributed by atoms with E-state index in [1.165, 1.54) is 5.56 Å². The summed E-state index contributed by atoms with van der Waals surface area (Å²) >= 11 is 0. The molecule has 14 heavy (non-hydrogen) atoms. The predicted octanol–water partition coefficient (Wildman–Crippen LogP) is 3.04. The molecule has 1 nitrogen and oxygen atoms in total. The molecule has 0 spiro atoms. The third kappa shape index (κ3) is 1.60. The number of hydrogen-bond acceptors (Lipinski definition) is 1. The molecule has 1 aromatic carbocycles. The van der Waals surface area contributed by atoms with Crippen molar-refractivity contribution in [2.45, 2.75) is 5.92 Å². The second-order valence-corrected chi connectivity index (χ2v) is 3.36. The van der Waals surface area contributed by atoms with Gasteiger partial charge in [0.1, 0.15) is 0 Å². The Hall–Kier alpha value is -1.81. The SMILES string of the molecule is N#CC1C=CC=CC1c1ccccc1. The Morgan fingerprint density at radius 3 is 2.43 bits per heavy atom. The average molecular weight is 181 g/mol. The first kappa shape index (κ1) is 8.77. The summed E-state index contributed by atoms with van der Waals surface area (Å²) in [6.07, 6.45) is 7.99. The van der Waals surface area contributed by atoms with Crippen molar-refractivity contribution >= 4 is 0 Å². The lowest BCUT2D eigenvalue weighted by atomic mass is 9.84. The molecule has 2 unspecified atom stereocenters. The molecule has 68 valence electrons. The number of hydrogen-bond donors (Lipinski definition) is 0. The molecular formula is C13H11N. The van der Waals surface area contributed by atoms with Crippen molar-refractivity contribution in [1.29, 1.82) is 5.26 Å². The highest BCUT2D eigenvalue weighted by Gasteiger charge is 2.19. The Balaban J connectivity index is 2.31. The van der Waals surface area contributed by atoms with Gasteiger partial charge in [0.25, 0.3) is 0 Å². The van der Waals surface area contributed by atoms with Gasteiger partial charge in [0, 0.05) is 5.92 Å². The van der Waals surface area contributed by atoms with Crippen molar-refractivity contribution in [3.63, 3.8) is 0 Å². The molecule has 0 amide bonds. The Morgan fingerprint density at radius 2 is 1.71 bits per heavy atom. The highest BCUT2D eigenvalue weighted by Crippen LogP contribution is 2.29. The van der Waals surface area contributed by atoms with E-state index in [9.17, 15) is 0 Å². The van der Waals surface area contributed by atoms with Gasteiger partial charge < -0.3 is 0 Å². The van der Waals surface area contributed by atoms with Crippen LogP contribution in [0.3, 0.4) is 0 Å². The largest absolute Gasteiger partial charge is 0.198 e. The summed E-state index contributed by atoms with van der Waals surface area (Å²) in [6.45, 7) is 0. The van der Waals surface area contributed by atoms with Gasteiger partial charge in [-0.3, -0.25) is 0 Å². The second kappa shape index (κ2) is 3.93. The molecule has 1 aromatic rings. The standard InChI is InChI=1S/C13H11N/c14-10-12-8-4-5-9-13(12)11-6-2-1-3-7-11/h1-9,12-13H. The van der Waals surface area contributed by atoms with Crippen LogP contribution in [-0.4, -0.2) is 0 Å². The van der Waals surface area contributed by atoms with Gasteiger partial charge in [0.05, 0.1) is 12.0 Å². The van der Waals surface area contributed by atoms with E-state index in [2.05, 4.69) is 24.3 Å². The first-order valence-corrected chi connectivity index (χ1v) is 4.71. The van der Waals surface area contributed by atoms with E-state index in [1.54, 1.807) is 0 Å². The van der Waals surface area contributed by atoms with Crippen LogP contribution >= 0.6 is 0 Å². The van der Waals surface area contributed by atoms with Crippen LogP contribution in [0.15, 0.2) is 54.6 Å². The zero-order valence-electron chi connectivity index (χ0n) is 7.80. The minimum atomic E-state index is -0.0256. The Labute approximate surface area is 84.0 Å². The van der Waals surface area contributed by atoms with Gasteiger partial charge in [0.2, 0.25) is 0 Å². The number of allylic oxidation sites excluding steroid dienone is 4. The summed E-state index contributed by atoms with van der Waals surface area (Å²) in [5.74, 6) is 0.189. The smallest absolute Gasteiger partial charge is 0.0749 e. The lowest BCUT2D eigenvalue weighted by molar-refractivity contribution is 0.712. The fraction of sp³-hybridized carbons (Fsp3) is 0.154. The van der Waals surface area contributed by atoms with Crippen LogP contribution in [0.2, 0.25) is 0 Å². The van der Waals surface area contributed by atoms with Gasteiger partial charge >= 0.3 is 0 Å². The molecule has 2 atom stereocenters. The topological polar surface area (TPSA) is 23.8 Å². The molecule has 0 radical (unpaired) electrons. The predicted molar refractivity (Wildman–Crippen MR) is 56.6 cm³/mol. The summed E-state index contributed by atoms with van der Waals surface area (Å²) in [5.41, 5.74) is 1.21. The summed E-state index contributed by atoms with van der Waals surface area (Å²) in [5, 5.41) is 8.99. The zero-order valence-corrected chi connectivity index (χ0v) is 7.80. The molecule has 1 aliphatic carbocycles. The van der Waals surface area contributed by atoms with E-state index < -0.39 is 0 Å². The lowest BCUT2D eigenvalue weighted by Gasteiger charge is -2.18. The molecule has 0 aliphatic heterocycles. The molecule has 0 bridgehead atoms. The maximum absolute atomic E-state index is 8.99. The molecule has 0 N–H and O–H groups in total. The molecule has 0 heterocycles. The molecule has 0 fully saturated rings. The minimum absolute atomic E-state index is 0.0256. The van der Waals surface area contributed by atoms with Crippen molar-refractivity contribution in [3.05, 3.63) is 60.2 Å². The van der Waals surface area contributed by atoms with E-state index >= 15 is 0 Å². The quantitative estimate of drug-likeness (QED) is 0.653. The monoisotopic (exact) mass is 181 g/mol. The maximum Gasteiger partial charge on any atom is 0.0749 e. The highest BCUT2D eigenvalue weighted by molar-refractivity contribution is 5.33. The van der Waals surface area contributed by atoms with Crippen molar-refractivity contribution in [2.24, 2.45) is 5.92 Å². The molecular weight excluding hydrogens is 170 g/mol. The summed E-state index contributed by atoms with van der Waals surface area (Å²) < 4.78 is 0. The minimum Gasteiger partial charge on any atom is -0.198 e. The van der Waals surface area contributed by atoms with Crippen molar-refractivity contribution in [1.82, 2.24) is 0 Å². The van der Waals surface area contributed by atoms with E-state index in [4.69, 9.17) is 5.26 Å². The Kier molecular flexibility index (Phi) is 2.46. The first-order chi connectivity index (χ1) is 6.92. The van der Waals surface area contributed by atoms with Gasteiger partial charge in [-0.05, 0) is 5.56 Å². The van der Waals surface area contributed by atoms with E-state index in [0.717, 1.165) is 0 Å². The molecule has 2 rings (SSSR count). The van der Waals surface area contributed by atoms with Crippen LogP contribution < -0.4 is 0 Å². The maximum atomic E-state index is 8.99. The molecule has 0 aromatic heterocycles. The molecule has 1 heteroatoms. The first-order valence-electron chi connectivity index (χ1n) is 4.71. The fourth-order valence-electron chi connectivity index (χ4n) is 1.72. The van der Waals surface area contributed by atoms with E-state index in [-0.39, 0.29) is 11.8 Å². The Morgan fingerprint density at radius 1 is 1.00 bits per heavy atom. The molecule has 0 saturated heterocycles. The van der Waals surface area contributed by atoms with Crippen LogP contribution in [0.5, 0.6) is 0 Å². The number of nitriles is 1. The van der Waals surface area contributed by atoms with Crippen molar-refractivity contribution in [2.75, 3.05) is 0 Å². The van der Waals surface area contributed by atoms with Crippen molar-refractivity contribution in [3.8, 4) is 6.07 Å². The number of benzene rings is 1. The second-order valence-electron chi connectivity index (χ2n) is 3.36. The van der Waals surface area contributed by atoms with Gasteiger partial charge in [-0.2, -0.15) is 5.26 Å². The number of rotatable bonds is 1. The van der Waals surface area contributed by atoms with Crippen molar-refractivity contribution < 1.29 is 0 Å². The summed E-state index contributed by atoms with van der Waals surface area (Å²) in [6, 6.07) is 12.5. The molecule has 1 aliphatic rings. The zero-order chi connectivity index (χ0) is 9.80. The number of nitrogens with zero attached hydrogens (tertiary/aromatic N) is 1. The third-order valence-electron chi connectivity index (χ3n) is 2.47. The average Bonchev–Trinajstić information content (AvgIpc) is 2.30. The van der Waals surface area contributed by atoms with E-state index in [0.29, 0.717) is 0 Å². The van der Waals surface area contributed by atoms with Gasteiger partial charge in [0.15, 0.2) is 0 Å². The lowest BCUT2D eigenvalue weighted by Crippen LogP contribution is -2.08. The van der Waals surface area contributed by atoms with Crippen LogP contribution in [-0.2, 0) is 0 Å². The van der Waals surface area contributed by atoms with Crippen LogP contribution in [0.25, 0.3) is 0 Å². The normalized spacial score (nSPS) is 24.5. The van der Waals surface area contributed by atoms with Gasteiger partial charge in [-0.1, -0.05) is 54.6 Å². The highest BCUT2D eigenvalue weighted by atomic mass is 14.3. The molecule has 0 saturated carbocycles. The summed E-state index contributed by atoms with van der Waals surface area (Å²) in [4.78, 5) is 0. The fourth-order valence-corrected chi connectivity index (χ4v) is 1.72. The van der Waals surface area contributed by atoms with Gasteiger partial charge in [-0.15, -0.1) is 0 Å². The van der Waals surface area contributed by atoms with Crippen LogP contribution in [0.1, 0.15) is 11.5 Å². The van der Waals surface area contributed by atoms with Gasteiger partial charge in [-0.25, -0.2) is 0 Å². The third-order valence-corrected chi connectivity index (χ3v) is 2.47. The van der Waals surface area contributed by atoms with Crippen LogP contribution in [0.4, 0.5) is 0 Å². The van der Waals surface area contributed by atoms with E-state index in [1.807, 2.05) is 36.4 Å².